The van der Waals surface area contributed by atoms with Gasteiger partial charge in [0.1, 0.15) is 0 Å². The van der Waals surface area contributed by atoms with Crippen molar-refractivity contribution in [2.45, 2.75) is 38.7 Å². The first-order valence-electron chi connectivity index (χ1n) is 5.94. The van der Waals surface area contributed by atoms with Gasteiger partial charge in [-0.1, -0.05) is 6.07 Å². The van der Waals surface area contributed by atoms with E-state index in [2.05, 4.69) is 6.07 Å². The van der Waals surface area contributed by atoms with E-state index in [0.29, 0.717) is 6.42 Å². The molecule has 17 heavy (non-hydrogen) atoms. The summed E-state index contributed by atoms with van der Waals surface area (Å²) in [4.78, 5) is 0. The molecular weight excluding hydrogens is 216 g/mol. The van der Waals surface area contributed by atoms with E-state index in [4.69, 9.17) is 9.47 Å². The van der Waals surface area contributed by atoms with E-state index in [1.165, 1.54) is 0 Å². The quantitative estimate of drug-likeness (QED) is 0.872. The van der Waals surface area contributed by atoms with E-state index in [0.717, 1.165) is 41.0 Å². The zero-order valence-electron chi connectivity index (χ0n) is 11.0. The third-order valence-corrected chi connectivity index (χ3v) is 3.53. The van der Waals surface area contributed by atoms with Crippen LogP contribution in [-0.4, -0.2) is 24.9 Å². The third kappa shape index (κ3) is 2.25. The Labute approximate surface area is 102 Å². The summed E-state index contributed by atoms with van der Waals surface area (Å²) in [5.74, 6) is 1.57. The van der Waals surface area contributed by atoms with Crippen molar-refractivity contribution in [3.05, 3.63) is 22.8 Å². The molecule has 0 amide bonds. The number of hydrogen-bond acceptors (Lipinski definition) is 3. The fourth-order valence-corrected chi connectivity index (χ4v) is 2.29. The largest absolute Gasteiger partial charge is 0.493 e. The zero-order chi connectivity index (χ0) is 12.6. The maximum atomic E-state index is 10.0. The summed E-state index contributed by atoms with van der Waals surface area (Å²) in [5, 5.41) is 10.0. The topological polar surface area (TPSA) is 38.7 Å². The maximum Gasteiger partial charge on any atom is 0.164 e. The normalized spacial score (nSPS) is 16.8. The van der Waals surface area contributed by atoms with Crippen molar-refractivity contribution in [3.8, 4) is 11.5 Å². The minimum atomic E-state index is -0.475. The molecule has 2 rings (SSSR count). The summed E-state index contributed by atoms with van der Waals surface area (Å²) >= 11 is 0. The van der Waals surface area contributed by atoms with Gasteiger partial charge >= 0.3 is 0 Å². The number of aliphatic hydroxyl groups is 1. The van der Waals surface area contributed by atoms with Crippen LogP contribution in [0, 0.1) is 13.8 Å². The summed E-state index contributed by atoms with van der Waals surface area (Å²) < 4.78 is 10.8. The van der Waals surface area contributed by atoms with Crippen LogP contribution in [0.25, 0.3) is 0 Å². The molecule has 1 saturated carbocycles. The van der Waals surface area contributed by atoms with Crippen LogP contribution in [0.2, 0.25) is 0 Å². The number of benzene rings is 1. The van der Waals surface area contributed by atoms with Crippen LogP contribution in [0.1, 0.15) is 29.5 Å². The first-order valence-corrected chi connectivity index (χ1v) is 5.94. The van der Waals surface area contributed by atoms with Gasteiger partial charge in [0, 0.05) is 6.42 Å². The lowest BCUT2D eigenvalue weighted by Crippen LogP contribution is -2.12. The standard InChI is InChI=1S/C14H20O3/c1-9-7-11(8-14(15)5-6-14)10(2)13(17-4)12(9)16-3/h7,15H,5-6,8H2,1-4H3. The van der Waals surface area contributed by atoms with Gasteiger partial charge in [-0.25, -0.2) is 0 Å². The average molecular weight is 236 g/mol. The number of aryl methyl sites for hydroxylation is 1. The molecule has 0 heterocycles. The molecule has 0 atom stereocenters. The van der Waals surface area contributed by atoms with Gasteiger partial charge in [-0.15, -0.1) is 0 Å². The van der Waals surface area contributed by atoms with E-state index < -0.39 is 5.60 Å². The SMILES string of the molecule is COc1c(C)cc(CC2(O)CC2)c(C)c1OC. The number of methoxy groups -OCH3 is 2. The summed E-state index contributed by atoms with van der Waals surface area (Å²) in [6, 6.07) is 2.09. The first kappa shape index (κ1) is 12.2. The van der Waals surface area contributed by atoms with Crippen LogP contribution in [0.5, 0.6) is 11.5 Å². The Morgan fingerprint density at radius 3 is 2.24 bits per heavy atom. The molecule has 94 valence electrons. The van der Waals surface area contributed by atoms with Gasteiger partial charge in [0.25, 0.3) is 0 Å². The third-order valence-electron chi connectivity index (χ3n) is 3.53. The molecule has 1 aromatic carbocycles. The van der Waals surface area contributed by atoms with E-state index in [1.54, 1.807) is 14.2 Å². The molecule has 3 heteroatoms. The summed E-state index contributed by atoms with van der Waals surface area (Å²) in [7, 11) is 3.30. The van der Waals surface area contributed by atoms with E-state index in [-0.39, 0.29) is 0 Å². The van der Waals surface area contributed by atoms with Crippen LogP contribution in [0.4, 0.5) is 0 Å². The predicted molar refractivity (Wildman–Crippen MR) is 66.9 cm³/mol. The lowest BCUT2D eigenvalue weighted by molar-refractivity contribution is 0.150. The number of rotatable bonds is 4. The highest BCUT2D eigenvalue weighted by atomic mass is 16.5. The van der Waals surface area contributed by atoms with Crippen LogP contribution in [-0.2, 0) is 6.42 Å². The number of hydrogen-bond donors (Lipinski definition) is 1. The Kier molecular flexibility index (Phi) is 3.04. The lowest BCUT2D eigenvalue weighted by Gasteiger charge is -2.18. The molecule has 1 N–H and O–H groups in total. The smallest absolute Gasteiger partial charge is 0.164 e. The second-order valence-electron chi connectivity index (χ2n) is 4.95. The fraction of sp³-hybridized carbons (Fsp3) is 0.571. The van der Waals surface area contributed by atoms with Gasteiger partial charge in [-0.2, -0.15) is 0 Å². The van der Waals surface area contributed by atoms with Crippen molar-refractivity contribution in [2.75, 3.05) is 14.2 Å². The second kappa shape index (κ2) is 4.22. The Morgan fingerprint density at radius 1 is 1.18 bits per heavy atom. The van der Waals surface area contributed by atoms with Gasteiger partial charge in [0.2, 0.25) is 0 Å². The summed E-state index contributed by atoms with van der Waals surface area (Å²) in [5.41, 5.74) is 2.79. The Balaban J connectivity index is 2.43. The highest BCUT2D eigenvalue weighted by Gasteiger charge is 2.40. The molecule has 0 unspecified atom stereocenters. The molecule has 0 spiro atoms. The van der Waals surface area contributed by atoms with Crippen molar-refractivity contribution in [1.29, 1.82) is 0 Å². The van der Waals surface area contributed by atoms with Gasteiger partial charge in [-0.3, -0.25) is 0 Å². The monoisotopic (exact) mass is 236 g/mol. The molecular formula is C14H20O3. The molecule has 0 bridgehead atoms. The van der Waals surface area contributed by atoms with Crippen LogP contribution in [0.15, 0.2) is 6.07 Å². The van der Waals surface area contributed by atoms with Crippen molar-refractivity contribution < 1.29 is 14.6 Å². The highest BCUT2D eigenvalue weighted by molar-refractivity contribution is 5.55. The average Bonchev–Trinajstić information content (AvgIpc) is 3.00. The Morgan fingerprint density at radius 2 is 1.76 bits per heavy atom. The fourth-order valence-electron chi connectivity index (χ4n) is 2.29. The molecule has 0 aromatic heterocycles. The van der Waals surface area contributed by atoms with E-state index in [1.807, 2.05) is 13.8 Å². The minimum Gasteiger partial charge on any atom is -0.493 e. The molecule has 1 fully saturated rings. The first-order chi connectivity index (χ1) is 8.00. The second-order valence-corrected chi connectivity index (χ2v) is 4.95. The van der Waals surface area contributed by atoms with E-state index in [9.17, 15) is 5.11 Å². The van der Waals surface area contributed by atoms with Crippen molar-refractivity contribution in [3.63, 3.8) is 0 Å². The summed E-state index contributed by atoms with van der Waals surface area (Å²) in [6.07, 6.45) is 2.51. The predicted octanol–water partition coefficient (Wildman–Crippen LogP) is 2.39. The number of ether oxygens (including phenoxy) is 2. The molecule has 1 aliphatic rings. The van der Waals surface area contributed by atoms with Gasteiger partial charge in [-0.05, 0) is 43.4 Å². The van der Waals surface area contributed by atoms with Crippen molar-refractivity contribution >= 4 is 0 Å². The molecule has 0 saturated heterocycles. The van der Waals surface area contributed by atoms with Crippen molar-refractivity contribution in [2.24, 2.45) is 0 Å². The maximum absolute atomic E-state index is 10.0. The molecule has 0 radical (unpaired) electrons. The van der Waals surface area contributed by atoms with Gasteiger partial charge < -0.3 is 14.6 Å². The van der Waals surface area contributed by atoms with Crippen LogP contribution < -0.4 is 9.47 Å². The molecule has 1 aliphatic carbocycles. The zero-order valence-corrected chi connectivity index (χ0v) is 11.0. The van der Waals surface area contributed by atoms with E-state index >= 15 is 0 Å². The van der Waals surface area contributed by atoms with Gasteiger partial charge in [0.15, 0.2) is 11.5 Å². The molecule has 0 aliphatic heterocycles. The molecule has 1 aromatic rings. The highest BCUT2D eigenvalue weighted by Crippen LogP contribution is 2.42. The Hall–Kier alpha value is -1.22. The van der Waals surface area contributed by atoms with Gasteiger partial charge in [0.05, 0.1) is 19.8 Å². The summed E-state index contributed by atoms with van der Waals surface area (Å²) in [6.45, 7) is 4.02. The lowest BCUT2D eigenvalue weighted by atomic mass is 9.97. The Bertz CT molecular complexity index is 434. The van der Waals surface area contributed by atoms with Crippen LogP contribution in [0.3, 0.4) is 0 Å². The van der Waals surface area contributed by atoms with Crippen molar-refractivity contribution in [1.82, 2.24) is 0 Å². The molecule has 3 nitrogen and oxygen atoms in total. The minimum absolute atomic E-state index is 0.475. The van der Waals surface area contributed by atoms with Crippen LogP contribution >= 0.6 is 0 Å².